The molecule has 2 aromatic rings. The number of nitrogens with one attached hydrogen (secondary N) is 1. The zero-order valence-electron chi connectivity index (χ0n) is 14.2. The van der Waals surface area contributed by atoms with Crippen molar-refractivity contribution >= 4 is 21.8 Å². The Labute approximate surface area is 151 Å². The standard InChI is InChI=1S/C19H22BrNO3/c1-4-23-17-8-6-5-7-15(17)11-21-18(22)12-24-16-9-13(2)19(20)14(3)10-16/h5-10H,4,11-12H2,1-3H3,(H,21,22). The van der Waals surface area contributed by atoms with Gasteiger partial charge in [0, 0.05) is 16.6 Å². The van der Waals surface area contributed by atoms with Crippen LogP contribution in [-0.4, -0.2) is 19.1 Å². The van der Waals surface area contributed by atoms with E-state index >= 15 is 0 Å². The average Bonchev–Trinajstić information content (AvgIpc) is 2.57. The molecule has 0 aromatic heterocycles. The summed E-state index contributed by atoms with van der Waals surface area (Å²) in [5, 5.41) is 2.86. The van der Waals surface area contributed by atoms with Crippen molar-refractivity contribution in [1.29, 1.82) is 0 Å². The first-order valence-electron chi connectivity index (χ1n) is 7.88. The molecule has 4 nitrogen and oxygen atoms in total. The van der Waals surface area contributed by atoms with Crippen molar-refractivity contribution < 1.29 is 14.3 Å². The monoisotopic (exact) mass is 391 g/mol. The number of aryl methyl sites for hydroxylation is 2. The minimum atomic E-state index is -0.167. The number of amides is 1. The van der Waals surface area contributed by atoms with E-state index in [-0.39, 0.29) is 12.5 Å². The van der Waals surface area contributed by atoms with Crippen molar-refractivity contribution in [3.63, 3.8) is 0 Å². The number of para-hydroxylation sites is 1. The summed E-state index contributed by atoms with van der Waals surface area (Å²) >= 11 is 3.52. The fraction of sp³-hybridized carbons (Fsp3) is 0.316. The van der Waals surface area contributed by atoms with E-state index in [0.29, 0.717) is 18.9 Å². The normalized spacial score (nSPS) is 10.3. The number of hydrogen-bond donors (Lipinski definition) is 1. The van der Waals surface area contributed by atoms with Crippen LogP contribution < -0.4 is 14.8 Å². The van der Waals surface area contributed by atoms with Gasteiger partial charge in [-0.15, -0.1) is 0 Å². The average molecular weight is 392 g/mol. The molecule has 2 aromatic carbocycles. The fourth-order valence-electron chi connectivity index (χ4n) is 2.33. The highest BCUT2D eigenvalue weighted by Crippen LogP contribution is 2.26. The summed E-state index contributed by atoms with van der Waals surface area (Å²) < 4.78 is 12.2. The van der Waals surface area contributed by atoms with Crippen molar-refractivity contribution in [3.05, 3.63) is 57.6 Å². The Morgan fingerprint density at radius 3 is 2.46 bits per heavy atom. The van der Waals surface area contributed by atoms with Crippen LogP contribution in [0.15, 0.2) is 40.9 Å². The molecule has 0 heterocycles. The second kappa shape index (κ2) is 8.73. The SMILES string of the molecule is CCOc1ccccc1CNC(=O)COc1cc(C)c(Br)c(C)c1. The van der Waals surface area contributed by atoms with Crippen molar-refractivity contribution in [2.75, 3.05) is 13.2 Å². The Hall–Kier alpha value is -2.01. The Morgan fingerprint density at radius 1 is 1.12 bits per heavy atom. The van der Waals surface area contributed by atoms with E-state index in [4.69, 9.17) is 9.47 Å². The molecule has 0 unspecified atom stereocenters. The van der Waals surface area contributed by atoms with Gasteiger partial charge in [0.05, 0.1) is 6.61 Å². The minimum Gasteiger partial charge on any atom is -0.494 e. The summed E-state index contributed by atoms with van der Waals surface area (Å²) in [7, 11) is 0. The molecule has 1 amide bonds. The predicted octanol–water partition coefficient (Wildman–Crippen LogP) is 4.16. The molecule has 0 atom stereocenters. The highest BCUT2D eigenvalue weighted by molar-refractivity contribution is 9.10. The first kappa shape index (κ1) is 18.3. The first-order valence-corrected chi connectivity index (χ1v) is 8.67. The van der Waals surface area contributed by atoms with Gasteiger partial charge in [-0.3, -0.25) is 4.79 Å². The van der Waals surface area contributed by atoms with Gasteiger partial charge in [0.2, 0.25) is 0 Å². The van der Waals surface area contributed by atoms with Crippen LogP contribution in [0, 0.1) is 13.8 Å². The summed E-state index contributed by atoms with van der Waals surface area (Å²) in [5.74, 6) is 1.32. The molecular formula is C19H22BrNO3. The molecule has 0 aliphatic heterocycles. The molecule has 0 spiro atoms. The third-order valence-corrected chi connectivity index (χ3v) is 4.78. The third kappa shape index (κ3) is 4.99. The number of hydrogen-bond acceptors (Lipinski definition) is 3. The van der Waals surface area contributed by atoms with E-state index < -0.39 is 0 Å². The van der Waals surface area contributed by atoms with Crippen LogP contribution in [0.3, 0.4) is 0 Å². The van der Waals surface area contributed by atoms with E-state index in [1.807, 2.05) is 57.2 Å². The Balaban J connectivity index is 1.88. The largest absolute Gasteiger partial charge is 0.494 e. The second-order valence-corrected chi connectivity index (χ2v) is 6.27. The summed E-state index contributed by atoms with van der Waals surface area (Å²) in [6.45, 7) is 6.92. The molecule has 0 bridgehead atoms. The van der Waals surface area contributed by atoms with Gasteiger partial charge < -0.3 is 14.8 Å². The lowest BCUT2D eigenvalue weighted by atomic mass is 10.1. The molecule has 2 rings (SSSR count). The summed E-state index contributed by atoms with van der Waals surface area (Å²) in [4.78, 5) is 12.0. The Bertz CT molecular complexity index is 693. The van der Waals surface area contributed by atoms with E-state index in [9.17, 15) is 4.79 Å². The Morgan fingerprint density at radius 2 is 1.79 bits per heavy atom. The molecule has 0 radical (unpaired) electrons. The molecule has 128 valence electrons. The summed E-state index contributed by atoms with van der Waals surface area (Å²) in [5.41, 5.74) is 3.11. The van der Waals surface area contributed by atoms with Crippen LogP contribution in [0.4, 0.5) is 0 Å². The maximum atomic E-state index is 12.0. The van der Waals surface area contributed by atoms with Crippen LogP contribution in [0.2, 0.25) is 0 Å². The van der Waals surface area contributed by atoms with E-state index in [1.54, 1.807) is 0 Å². The van der Waals surface area contributed by atoms with Gasteiger partial charge in [0.25, 0.3) is 5.91 Å². The second-order valence-electron chi connectivity index (χ2n) is 5.48. The lowest BCUT2D eigenvalue weighted by molar-refractivity contribution is -0.123. The highest BCUT2D eigenvalue weighted by Gasteiger charge is 2.08. The molecule has 0 saturated carbocycles. The quantitative estimate of drug-likeness (QED) is 0.770. The van der Waals surface area contributed by atoms with E-state index in [2.05, 4.69) is 21.2 Å². The maximum Gasteiger partial charge on any atom is 0.258 e. The minimum absolute atomic E-state index is 0.0166. The lowest BCUT2D eigenvalue weighted by Crippen LogP contribution is -2.28. The van der Waals surface area contributed by atoms with Crippen molar-refractivity contribution in [3.8, 4) is 11.5 Å². The molecule has 0 fully saturated rings. The molecule has 0 aliphatic rings. The van der Waals surface area contributed by atoms with Gasteiger partial charge in [0.15, 0.2) is 6.61 Å². The number of carbonyl (C=O) groups is 1. The first-order chi connectivity index (χ1) is 11.5. The van der Waals surface area contributed by atoms with Gasteiger partial charge >= 0.3 is 0 Å². The third-order valence-electron chi connectivity index (χ3n) is 3.53. The molecule has 1 N–H and O–H groups in total. The fourth-order valence-corrected chi connectivity index (χ4v) is 2.56. The lowest BCUT2D eigenvalue weighted by Gasteiger charge is -2.12. The van der Waals surface area contributed by atoms with E-state index in [0.717, 1.165) is 26.9 Å². The van der Waals surface area contributed by atoms with Crippen LogP contribution in [0.5, 0.6) is 11.5 Å². The van der Waals surface area contributed by atoms with Crippen LogP contribution >= 0.6 is 15.9 Å². The molecule has 0 aliphatic carbocycles. The van der Waals surface area contributed by atoms with Gasteiger partial charge in [-0.05, 0) is 50.1 Å². The van der Waals surface area contributed by atoms with Gasteiger partial charge in [-0.25, -0.2) is 0 Å². The van der Waals surface area contributed by atoms with Crippen molar-refractivity contribution in [1.82, 2.24) is 5.32 Å². The Kier molecular flexibility index (Phi) is 6.67. The zero-order valence-corrected chi connectivity index (χ0v) is 15.8. The molecule has 0 saturated heterocycles. The molecule has 5 heteroatoms. The molecular weight excluding hydrogens is 370 g/mol. The van der Waals surface area contributed by atoms with Crippen LogP contribution in [0.25, 0.3) is 0 Å². The predicted molar refractivity (Wildman–Crippen MR) is 98.6 cm³/mol. The van der Waals surface area contributed by atoms with Crippen molar-refractivity contribution in [2.24, 2.45) is 0 Å². The van der Waals surface area contributed by atoms with E-state index in [1.165, 1.54) is 0 Å². The summed E-state index contributed by atoms with van der Waals surface area (Å²) in [6.07, 6.45) is 0. The van der Waals surface area contributed by atoms with Gasteiger partial charge in [-0.2, -0.15) is 0 Å². The zero-order chi connectivity index (χ0) is 17.5. The molecule has 24 heavy (non-hydrogen) atoms. The number of ether oxygens (including phenoxy) is 2. The van der Waals surface area contributed by atoms with Crippen molar-refractivity contribution in [2.45, 2.75) is 27.3 Å². The number of benzene rings is 2. The van der Waals surface area contributed by atoms with Crippen LogP contribution in [0.1, 0.15) is 23.6 Å². The summed E-state index contributed by atoms with van der Waals surface area (Å²) in [6, 6.07) is 11.5. The van der Waals surface area contributed by atoms with Gasteiger partial charge in [-0.1, -0.05) is 34.1 Å². The van der Waals surface area contributed by atoms with Gasteiger partial charge in [0.1, 0.15) is 11.5 Å². The highest BCUT2D eigenvalue weighted by atomic mass is 79.9. The topological polar surface area (TPSA) is 47.6 Å². The van der Waals surface area contributed by atoms with Crippen LogP contribution in [-0.2, 0) is 11.3 Å². The maximum absolute atomic E-state index is 12.0. The number of halogens is 1. The number of rotatable bonds is 7. The smallest absolute Gasteiger partial charge is 0.258 e. The number of carbonyl (C=O) groups excluding carboxylic acids is 1.